The summed E-state index contributed by atoms with van der Waals surface area (Å²) in [5.74, 6) is -0.644. The van der Waals surface area contributed by atoms with E-state index in [0.717, 1.165) is 5.52 Å². The molecule has 2 rings (SSSR count). The average molecular weight is 293 g/mol. The molecule has 0 amide bonds. The molecule has 1 aromatic carbocycles. The summed E-state index contributed by atoms with van der Waals surface area (Å²) in [6.45, 7) is 2.56. The van der Waals surface area contributed by atoms with Gasteiger partial charge in [0.2, 0.25) is 0 Å². The maximum absolute atomic E-state index is 11.1. The summed E-state index contributed by atoms with van der Waals surface area (Å²) in [7, 11) is 1.83. The van der Waals surface area contributed by atoms with Crippen LogP contribution >= 0.6 is 11.8 Å². The van der Waals surface area contributed by atoms with E-state index in [1.807, 2.05) is 11.6 Å². The topological polar surface area (TPSA) is 70.4 Å². The fourth-order valence-electron chi connectivity index (χ4n) is 1.78. The minimum Gasteiger partial charge on any atom is -0.423 e. The lowest BCUT2D eigenvalue weighted by Crippen LogP contribution is -2.07. The van der Waals surface area contributed by atoms with Gasteiger partial charge in [0.25, 0.3) is 0 Å². The van der Waals surface area contributed by atoms with Gasteiger partial charge in [-0.1, -0.05) is 11.8 Å². The first-order valence-electron chi connectivity index (χ1n) is 5.71. The first kappa shape index (κ1) is 14.4. The summed E-state index contributed by atoms with van der Waals surface area (Å²) < 4.78 is 11.9. The highest BCUT2D eigenvalue weighted by Gasteiger charge is 2.16. The van der Waals surface area contributed by atoms with Gasteiger partial charge < -0.3 is 14.0 Å². The Morgan fingerprint density at radius 2 is 1.75 bits per heavy atom. The number of hydrogen-bond acceptors (Lipinski definition) is 6. The highest BCUT2D eigenvalue weighted by Crippen LogP contribution is 2.34. The molecule has 0 spiro atoms. The van der Waals surface area contributed by atoms with Crippen LogP contribution in [0.4, 0.5) is 0 Å². The van der Waals surface area contributed by atoms with Crippen LogP contribution in [-0.2, 0) is 16.6 Å². The van der Waals surface area contributed by atoms with Gasteiger partial charge in [-0.25, -0.2) is 4.98 Å². The molecular formula is C13H13N2O4S. The molecule has 0 bridgehead atoms. The highest BCUT2D eigenvalue weighted by atomic mass is 32.2. The van der Waals surface area contributed by atoms with E-state index >= 15 is 0 Å². The second-order valence-electron chi connectivity index (χ2n) is 4.07. The van der Waals surface area contributed by atoms with Gasteiger partial charge in [-0.15, -0.1) is 0 Å². The standard InChI is InChI=1S/C13H13N2O4S/c1-7(16)18-11-5-9-10(6-12(11)19-8(2)17)15(3)13(14-9)20-4/h5-6H,4H2,1-3H3. The second kappa shape index (κ2) is 5.54. The van der Waals surface area contributed by atoms with Crippen LogP contribution in [0.25, 0.3) is 11.0 Å². The Bertz CT molecular complexity index is 693. The second-order valence-corrected chi connectivity index (χ2v) is 4.73. The number of thioether (sulfide) groups is 1. The van der Waals surface area contributed by atoms with Gasteiger partial charge in [0.15, 0.2) is 16.7 Å². The van der Waals surface area contributed by atoms with Crippen LogP contribution in [0.1, 0.15) is 13.8 Å². The number of ether oxygens (including phenoxy) is 2. The number of aromatic nitrogens is 2. The van der Waals surface area contributed by atoms with Crippen LogP contribution in [0.15, 0.2) is 17.3 Å². The Morgan fingerprint density at radius 1 is 1.20 bits per heavy atom. The third-order valence-corrected chi connectivity index (χ3v) is 3.17. The van der Waals surface area contributed by atoms with E-state index in [-0.39, 0.29) is 11.5 Å². The molecule has 2 aromatic rings. The van der Waals surface area contributed by atoms with Crippen molar-refractivity contribution in [2.75, 3.05) is 0 Å². The molecular weight excluding hydrogens is 280 g/mol. The number of esters is 2. The summed E-state index contributed by atoms with van der Waals surface area (Å²) >= 11 is 1.25. The number of hydrogen-bond donors (Lipinski definition) is 0. The average Bonchev–Trinajstić information content (AvgIpc) is 2.65. The van der Waals surface area contributed by atoms with E-state index in [9.17, 15) is 9.59 Å². The molecule has 6 nitrogen and oxygen atoms in total. The number of imidazole rings is 1. The van der Waals surface area contributed by atoms with Gasteiger partial charge in [-0.05, 0) is 0 Å². The number of rotatable bonds is 3. The predicted molar refractivity (Wildman–Crippen MR) is 74.5 cm³/mol. The lowest BCUT2D eigenvalue weighted by Gasteiger charge is -2.08. The molecule has 1 aromatic heterocycles. The van der Waals surface area contributed by atoms with Gasteiger partial charge in [0, 0.05) is 39.3 Å². The summed E-state index contributed by atoms with van der Waals surface area (Å²) in [5.41, 5.74) is 1.38. The largest absolute Gasteiger partial charge is 0.423 e. The smallest absolute Gasteiger partial charge is 0.308 e. The van der Waals surface area contributed by atoms with E-state index in [1.165, 1.54) is 25.6 Å². The third-order valence-electron chi connectivity index (χ3n) is 2.54. The van der Waals surface area contributed by atoms with Gasteiger partial charge in [-0.2, -0.15) is 0 Å². The van der Waals surface area contributed by atoms with Crippen LogP contribution in [0.2, 0.25) is 0 Å². The molecule has 20 heavy (non-hydrogen) atoms. The molecule has 1 heterocycles. The zero-order chi connectivity index (χ0) is 14.9. The van der Waals surface area contributed by atoms with Crippen molar-refractivity contribution >= 4 is 34.7 Å². The number of aryl methyl sites for hydroxylation is 1. The molecule has 0 fully saturated rings. The molecule has 0 aliphatic carbocycles. The summed E-state index contributed by atoms with van der Waals surface area (Å²) in [6.07, 6.45) is 3.72. The van der Waals surface area contributed by atoms with Crippen LogP contribution in [0, 0.1) is 6.26 Å². The molecule has 0 unspecified atom stereocenters. The Morgan fingerprint density at radius 3 is 2.25 bits per heavy atom. The molecule has 1 radical (unpaired) electrons. The van der Waals surface area contributed by atoms with Gasteiger partial charge >= 0.3 is 11.9 Å². The summed E-state index contributed by atoms with van der Waals surface area (Å²) in [5, 5.41) is 0.703. The summed E-state index contributed by atoms with van der Waals surface area (Å²) in [4.78, 5) is 26.6. The Hall–Kier alpha value is -2.02. The SMILES string of the molecule is [CH2]Sc1nc2cc(OC(C)=O)c(OC(C)=O)cc2n1C. The van der Waals surface area contributed by atoms with E-state index in [1.54, 1.807) is 12.1 Å². The quantitative estimate of drug-likeness (QED) is 0.491. The minimum absolute atomic E-state index is 0.166. The Balaban J connectivity index is 2.62. The van der Waals surface area contributed by atoms with Crippen molar-refractivity contribution in [3.05, 3.63) is 18.4 Å². The van der Waals surface area contributed by atoms with Crippen molar-refractivity contribution in [3.63, 3.8) is 0 Å². The van der Waals surface area contributed by atoms with Crippen LogP contribution in [0.5, 0.6) is 11.5 Å². The fourth-order valence-corrected chi connectivity index (χ4v) is 2.23. The number of benzene rings is 1. The number of carbonyl (C=O) groups excluding carboxylic acids is 2. The number of nitrogens with zero attached hydrogens (tertiary/aromatic N) is 2. The first-order valence-corrected chi connectivity index (χ1v) is 6.70. The molecule has 0 atom stereocenters. The van der Waals surface area contributed by atoms with Gasteiger partial charge in [0.05, 0.1) is 11.0 Å². The molecule has 0 saturated heterocycles. The van der Waals surface area contributed by atoms with Crippen molar-refractivity contribution in [2.45, 2.75) is 19.0 Å². The van der Waals surface area contributed by atoms with Crippen molar-refractivity contribution in [2.24, 2.45) is 7.05 Å². The number of carbonyl (C=O) groups is 2. The van der Waals surface area contributed by atoms with E-state index in [4.69, 9.17) is 9.47 Å². The Labute approximate surface area is 120 Å². The van der Waals surface area contributed by atoms with Crippen molar-refractivity contribution in [1.82, 2.24) is 9.55 Å². The first-order chi connectivity index (χ1) is 9.42. The molecule has 0 N–H and O–H groups in total. The van der Waals surface area contributed by atoms with Crippen LogP contribution in [0.3, 0.4) is 0 Å². The third kappa shape index (κ3) is 2.77. The molecule has 0 aliphatic rings. The van der Waals surface area contributed by atoms with Crippen molar-refractivity contribution < 1.29 is 19.1 Å². The molecule has 7 heteroatoms. The maximum Gasteiger partial charge on any atom is 0.308 e. The van der Waals surface area contributed by atoms with E-state index < -0.39 is 11.9 Å². The monoisotopic (exact) mass is 293 g/mol. The lowest BCUT2D eigenvalue weighted by molar-refractivity contribution is -0.134. The normalized spacial score (nSPS) is 10.6. The van der Waals surface area contributed by atoms with Gasteiger partial charge in [0.1, 0.15) is 0 Å². The lowest BCUT2D eigenvalue weighted by atomic mass is 10.2. The van der Waals surface area contributed by atoms with E-state index in [2.05, 4.69) is 11.2 Å². The zero-order valence-corrected chi connectivity index (χ0v) is 12.1. The number of fused-ring (bicyclic) bond motifs is 1. The molecule has 0 saturated carbocycles. The highest BCUT2D eigenvalue weighted by molar-refractivity contribution is 8.00. The van der Waals surface area contributed by atoms with Crippen molar-refractivity contribution in [1.29, 1.82) is 0 Å². The van der Waals surface area contributed by atoms with Gasteiger partial charge in [-0.3, -0.25) is 9.59 Å². The van der Waals surface area contributed by atoms with Crippen molar-refractivity contribution in [3.8, 4) is 11.5 Å². The van der Waals surface area contributed by atoms with Crippen LogP contribution < -0.4 is 9.47 Å². The predicted octanol–water partition coefficient (Wildman–Crippen LogP) is 2.31. The molecule has 105 valence electrons. The maximum atomic E-state index is 11.1. The van der Waals surface area contributed by atoms with E-state index in [0.29, 0.717) is 10.7 Å². The molecule has 0 aliphatic heterocycles. The Kier molecular flexibility index (Phi) is 3.99. The minimum atomic E-state index is -0.500. The summed E-state index contributed by atoms with van der Waals surface area (Å²) in [6, 6.07) is 3.18. The van der Waals surface area contributed by atoms with Crippen LogP contribution in [-0.4, -0.2) is 21.5 Å². The fraction of sp³-hybridized carbons (Fsp3) is 0.231. The zero-order valence-electron chi connectivity index (χ0n) is 11.3.